The lowest BCUT2D eigenvalue weighted by Gasteiger charge is -1.94. The number of pyridine rings is 1. The zero-order chi connectivity index (χ0) is 11.7. The molecule has 0 bridgehead atoms. The van der Waals surface area contributed by atoms with Crippen LogP contribution in [0.2, 0.25) is 0 Å². The summed E-state index contributed by atoms with van der Waals surface area (Å²) in [6, 6.07) is 12.0. The van der Waals surface area contributed by atoms with Crippen LogP contribution in [-0.2, 0) is 6.54 Å². The van der Waals surface area contributed by atoms with Crippen LogP contribution in [-0.4, -0.2) is 15.0 Å². The number of hydrogen-bond donors (Lipinski definition) is 2. The standard InChI is InChI=1S/C13H12N4/c14-7-9-6-11-13(15-8-9)17-12(16-11)10-4-2-1-3-5-10/h1-6,8H,7,14H2,(H,15,16,17). The van der Waals surface area contributed by atoms with Gasteiger partial charge in [0.25, 0.3) is 0 Å². The zero-order valence-electron chi connectivity index (χ0n) is 9.22. The maximum atomic E-state index is 5.58. The van der Waals surface area contributed by atoms with Gasteiger partial charge in [-0.15, -0.1) is 0 Å². The van der Waals surface area contributed by atoms with Gasteiger partial charge in [0, 0.05) is 18.3 Å². The molecular weight excluding hydrogens is 212 g/mol. The summed E-state index contributed by atoms with van der Waals surface area (Å²) >= 11 is 0. The highest BCUT2D eigenvalue weighted by Gasteiger charge is 2.05. The van der Waals surface area contributed by atoms with Crippen molar-refractivity contribution in [3.05, 3.63) is 48.2 Å². The maximum Gasteiger partial charge on any atom is 0.178 e. The number of nitrogens with one attached hydrogen (secondary N) is 1. The van der Waals surface area contributed by atoms with Crippen LogP contribution in [0.3, 0.4) is 0 Å². The molecule has 84 valence electrons. The van der Waals surface area contributed by atoms with E-state index in [0.29, 0.717) is 6.54 Å². The van der Waals surface area contributed by atoms with Crippen molar-refractivity contribution in [3.8, 4) is 11.4 Å². The fourth-order valence-electron chi connectivity index (χ4n) is 1.79. The second kappa shape index (κ2) is 3.99. The van der Waals surface area contributed by atoms with E-state index in [-0.39, 0.29) is 0 Å². The van der Waals surface area contributed by atoms with Crippen LogP contribution in [0, 0.1) is 0 Å². The molecule has 2 heterocycles. The van der Waals surface area contributed by atoms with Crippen LogP contribution >= 0.6 is 0 Å². The number of rotatable bonds is 2. The van der Waals surface area contributed by atoms with Crippen molar-refractivity contribution in [2.45, 2.75) is 6.54 Å². The van der Waals surface area contributed by atoms with Crippen molar-refractivity contribution in [2.75, 3.05) is 0 Å². The molecule has 0 saturated heterocycles. The molecule has 1 aromatic carbocycles. The number of benzene rings is 1. The summed E-state index contributed by atoms with van der Waals surface area (Å²) in [6.45, 7) is 0.489. The molecule has 0 aliphatic heterocycles. The molecule has 3 aromatic rings. The van der Waals surface area contributed by atoms with Gasteiger partial charge in [-0.05, 0) is 11.6 Å². The van der Waals surface area contributed by atoms with E-state index in [2.05, 4.69) is 15.0 Å². The van der Waals surface area contributed by atoms with Crippen molar-refractivity contribution in [1.29, 1.82) is 0 Å². The number of fused-ring (bicyclic) bond motifs is 1. The Kier molecular flexibility index (Phi) is 2.34. The Hall–Kier alpha value is -2.20. The number of aromatic nitrogens is 3. The summed E-state index contributed by atoms with van der Waals surface area (Å²) in [6.07, 6.45) is 1.76. The first-order valence-corrected chi connectivity index (χ1v) is 5.47. The van der Waals surface area contributed by atoms with E-state index < -0.39 is 0 Å². The molecule has 0 atom stereocenters. The summed E-state index contributed by atoms with van der Waals surface area (Å²) in [5, 5.41) is 0. The van der Waals surface area contributed by atoms with Crippen molar-refractivity contribution in [1.82, 2.24) is 15.0 Å². The van der Waals surface area contributed by atoms with Crippen LogP contribution in [0.25, 0.3) is 22.6 Å². The molecule has 3 rings (SSSR count). The minimum absolute atomic E-state index is 0.489. The second-order valence-electron chi connectivity index (χ2n) is 3.87. The summed E-state index contributed by atoms with van der Waals surface area (Å²) < 4.78 is 0. The molecule has 0 unspecified atom stereocenters. The first-order chi connectivity index (χ1) is 8.36. The molecule has 0 aliphatic rings. The second-order valence-corrected chi connectivity index (χ2v) is 3.87. The lowest BCUT2D eigenvalue weighted by atomic mass is 10.2. The summed E-state index contributed by atoms with van der Waals surface area (Å²) in [5.74, 6) is 0.835. The highest BCUT2D eigenvalue weighted by molar-refractivity contribution is 5.76. The third kappa shape index (κ3) is 1.79. The van der Waals surface area contributed by atoms with E-state index >= 15 is 0 Å². The van der Waals surface area contributed by atoms with Gasteiger partial charge in [-0.1, -0.05) is 30.3 Å². The molecule has 0 saturated carbocycles. The van der Waals surface area contributed by atoms with Gasteiger partial charge in [0.1, 0.15) is 5.82 Å². The monoisotopic (exact) mass is 224 g/mol. The molecule has 0 radical (unpaired) electrons. The Morgan fingerprint density at radius 2 is 2.00 bits per heavy atom. The Bertz CT molecular complexity index is 643. The smallest absolute Gasteiger partial charge is 0.178 e. The molecule has 3 N–H and O–H groups in total. The van der Waals surface area contributed by atoms with E-state index in [4.69, 9.17) is 5.73 Å². The SMILES string of the molecule is NCc1cnc2nc(-c3ccccc3)[nH]c2c1. The lowest BCUT2D eigenvalue weighted by Crippen LogP contribution is -1.96. The average Bonchev–Trinajstić information content (AvgIpc) is 2.82. The van der Waals surface area contributed by atoms with Gasteiger partial charge in [0.2, 0.25) is 0 Å². The zero-order valence-corrected chi connectivity index (χ0v) is 9.22. The quantitative estimate of drug-likeness (QED) is 0.700. The van der Waals surface area contributed by atoms with Gasteiger partial charge in [0.15, 0.2) is 5.65 Å². The predicted molar refractivity (Wildman–Crippen MR) is 67.2 cm³/mol. The first kappa shape index (κ1) is 9.99. The van der Waals surface area contributed by atoms with Crippen molar-refractivity contribution < 1.29 is 0 Å². The fraction of sp³-hybridized carbons (Fsp3) is 0.0769. The normalized spacial score (nSPS) is 10.9. The molecule has 17 heavy (non-hydrogen) atoms. The van der Waals surface area contributed by atoms with E-state index in [1.165, 1.54) is 0 Å². The van der Waals surface area contributed by atoms with Crippen LogP contribution in [0.5, 0.6) is 0 Å². The van der Waals surface area contributed by atoms with Crippen molar-refractivity contribution >= 4 is 11.2 Å². The fourth-order valence-corrected chi connectivity index (χ4v) is 1.79. The third-order valence-corrected chi connectivity index (χ3v) is 2.68. The highest BCUT2D eigenvalue weighted by atomic mass is 15.0. The summed E-state index contributed by atoms with van der Waals surface area (Å²) in [4.78, 5) is 12.0. The minimum atomic E-state index is 0.489. The van der Waals surface area contributed by atoms with Crippen LogP contribution in [0.15, 0.2) is 42.6 Å². The first-order valence-electron chi connectivity index (χ1n) is 5.47. The van der Waals surface area contributed by atoms with Crippen LogP contribution in [0.4, 0.5) is 0 Å². The Morgan fingerprint density at radius 3 is 2.76 bits per heavy atom. The Labute approximate surface area is 98.5 Å². The average molecular weight is 224 g/mol. The van der Waals surface area contributed by atoms with E-state index in [1.54, 1.807) is 6.20 Å². The Balaban J connectivity index is 2.14. The number of imidazole rings is 1. The third-order valence-electron chi connectivity index (χ3n) is 2.68. The molecule has 4 heteroatoms. The molecule has 0 fully saturated rings. The van der Waals surface area contributed by atoms with Gasteiger partial charge in [0.05, 0.1) is 5.52 Å². The predicted octanol–water partition coefficient (Wildman–Crippen LogP) is 2.08. The molecule has 0 amide bonds. The van der Waals surface area contributed by atoms with Gasteiger partial charge in [-0.25, -0.2) is 9.97 Å². The molecule has 4 nitrogen and oxygen atoms in total. The van der Waals surface area contributed by atoms with Crippen molar-refractivity contribution in [2.24, 2.45) is 5.73 Å². The van der Waals surface area contributed by atoms with Gasteiger partial charge >= 0.3 is 0 Å². The van der Waals surface area contributed by atoms with Crippen LogP contribution < -0.4 is 5.73 Å². The van der Waals surface area contributed by atoms with E-state index in [9.17, 15) is 0 Å². The Morgan fingerprint density at radius 1 is 1.18 bits per heavy atom. The molecule has 0 spiro atoms. The number of hydrogen-bond acceptors (Lipinski definition) is 3. The topological polar surface area (TPSA) is 67.6 Å². The van der Waals surface area contributed by atoms with E-state index in [0.717, 1.165) is 28.1 Å². The highest BCUT2D eigenvalue weighted by Crippen LogP contribution is 2.19. The number of H-pyrrole nitrogens is 1. The summed E-state index contributed by atoms with van der Waals surface area (Å²) in [7, 11) is 0. The molecule has 2 aromatic heterocycles. The largest absolute Gasteiger partial charge is 0.337 e. The van der Waals surface area contributed by atoms with Crippen molar-refractivity contribution in [3.63, 3.8) is 0 Å². The van der Waals surface area contributed by atoms with Gasteiger partial charge in [-0.2, -0.15) is 0 Å². The van der Waals surface area contributed by atoms with Crippen LogP contribution in [0.1, 0.15) is 5.56 Å². The van der Waals surface area contributed by atoms with Gasteiger partial charge < -0.3 is 10.7 Å². The number of aromatic amines is 1. The summed E-state index contributed by atoms with van der Waals surface area (Å²) in [5.41, 5.74) is 9.29. The minimum Gasteiger partial charge on any atom is -0.337 e. The number of nitrogens with zero attached hydrogens (tertiary/aromatic N) is 2. The van der Waals surface area contributed by atoms with Gasteiger partial charge in [-0.3, -0.25) is 0 Å². The maximum absolute atomic E-state index is 5.58. The van der Waals surface area contributed by atoms with E-state index in [1.807, 2.05) is 36.4 Å². The molecule has 0 aliphatic carbocycles. The lowest BCUT2D eigenvalue weighted by molar-refractivity contribution is 1.06. The number of nitrogens with two attached hydrogens (primary N) is 1. The molecular formula is C13H12N4.